The number of carbonyl (C=O) groups is 1. The summed E-state index contributed by atoms with van der Waals surface area (Å²) in [5.74, 6) is 0.631. The highest BCUT2D eigenvalue weighted by Gasteiger charge is 2.13. The fourth-order valence-corrected chi connectivity index (χ4v) is 1.57. The van der Waals surface area contributed by atoms with Gasteiger partial charge in [-0.3, -0.25) is 4.79 Å². The van der Waals surface area contributed by atoms with Gasteiger partial charge in [0.25, 0.3) is 5.91 Å². The molecule has 0 fully saturated rings. The molecule has 0 spiro atoms. The highest BCUT2D eigenvalue weighted by molar-refractivity contribution is 5.92. The molecule has 0 unspecified atom stereocenters. The van der Waals surface area contributed by atoms with Crippen molar-refractivity contribution in [1.29, 1.82) is 0 Å². The number of ether oxygens (including phenoxy) is 1. The molecule has 1 amide bonds. The zero-order valence-electron chi connectivity index (χ0n) is 12.1. The maximum Gasteiger partial charge on any atom is 0.272 e. The molecule has 5 heteroatoms. The van der Waals surface area contributed by atoms with E-state index in [1.54, 1.807) is 18.0 Å². The summed E-state index contributed by atoms with van der Waals surface area (Å²) in [4.78, 5) is 18.1. The van der Waals surface area contributed by atoms with Gasteiger partial charge in [0.15, 0.2) is 0 Å². The summed E-state index contributed by atoms with van der Waals surface area (Å²) in [6.07, 6.45) is 0. The molecule has 0 aromatic carbocycles. The fraction of sp³-hybridized carbons (Fsp3) is 0.571. The van der Waals surface area contributed by atoms with Gasteiger partial charge in [0.05, 0.1) is 6.61 Å². The summed E-state index contributed by atoms with van der Waals surface area (Å²) in [7, 11) is 1.76. The van der Waals surface area contributed by atoms with Crippen LogP contribution in [0.2, 0.25) is 0 Å². The normalized spacial score (nSPS) is 10.6. The Morgan fingerprint density at radius 1 is 1.47 bits per heavy atom. The molecule has 1 aromatic heterocycles. The highest BCUT2D eigenvalue weighted by atomic mass is 16.5. The van der Waals surface area contributed by atoms with Crippen molar-refractivity contribution in [2.45, 2.75) is 26.8 Å². The van der Waals surface area contributed by atoms with E-state index < -0.39 is 0 Å². The Balaban J connectivity index is 2.65. The smallest absolute Gasteiger partial charge is 0.272 e. The Morgan fingerprint density at radius 3 is 2.84 bits per heavy atom. The lowest BCUT2D eigenvalue weighted by atomic mass is 10.3. The summed E-state index contributed by atoms with van der Waals surface area (Å²) in [6, 6.07) is 5.71. The molecule has 0 saturated heterocycles. The highest BCUT2D eigenvalue weighted by Crippen LogP contribution is 2.08. The minimum atomic E-state index is -0.0906. The molecular weight excluding hydrogens is 242 g/mol. The molecule has 1 heterocycles. The summed E-state index contributed by atoms with van der Waals surface area (Å²) < 4.78 is 5.24. The van der Waals surface area contributed by atoms with E-state index in [0.29, 0.717) is 25.5 Å². The molecule has 0 radical (unpaired) electrons. The third-order valence-corrected chi connectivity index (χ3v) is 2.53. The van der Waals surface area contributed by atoms with Crippen molar-refractivity contribution in [3.8, 4) is 0 Å². The van der Waals surface area contributed by atoms with Crippen molar-refractivity contribution in [1.82, 2.24) is 9.88 Å². The van der Waals surface area contributed by atoms with Crippen LogP contribution in [0, 0.1) is 0 Å². The van der Waals surface area contributed by atoms with E-state index in [4.69, 9.17) is 4.74 Å². The van der Waals surface area contributed by atoms with E-state index in [1.165, 1.54) is 0 Å². The van der Waals surface area contributed by atoms with E-state index in [2.05, 4.69) is 10.3 Å². The van der Waals surface area contributed by atoms with Gasteiger partial charge in [-0.1, -0.05) is 6.07 Å². The first kappa shape index (κ1) is 15.4. The average molecular weight is 265 g/mol. The molecule has 106 valence electrons. The SMILES string of the molecule is CCOCCN(C)C(=O)c1cccc(NC(C)C)n1. The van der Waals surface area contributed by atoms with Crippen LogP contribution in [0.1, 0.15) is 31.3 Å². The predicted molar refractivity (Wildman–Crippen MR) is 76.4 cm³/mol. The van der Waals surface area contributed by atoms with E-state index in [1.807, 2.05) is 32.9 Å². The van der Waals surface area contributed by atoms with Crippen molar-refractivity contribution >= 4 is 11.7 Å². The number of likely N-dealkylation sites (N-methyl/N-ethyl adjacent to an activating group) is 1. The Morgan fingerprint density at radius 2 is 2.21 bits per heavy atom. The molecule has 0 aliphatic carbocycles. The monoisotopic (exact) mass is 265 g/mol. The summed E-state index contributed by atoms with van der Waals surface area (Å²) in [5, 5.41) is 3.18. The lowest BCUT2D eigenvalue weighted by molar-refractivity contribution is 0.0704. The van der Waals surface area contributed by atoms with Crippen LogP contribution in [0.3, 0.4) is 0 Å². The molecule has 0 saturated carbocycles. The second-order valence-electron chi connectivity index (χ2n) is 4.63. The molecule has 0 aliphatic heterocycles. The van der Waals surface area contributed by atoms with Crippen LogP contribution in [0.5, 0.6) is 0 Å². The number of pyridine rings is 1. The average Bonchev–Trinajstić information content (AvgIpc) is 2.37. The Bertz CT molecular complexity index is 407. The summed E-state index contributed by atoms with van der Waals surface area (Å²) in [6.45, 7) is 7.77. The number of aromatic nitrogens is 1. The number of rotatable bonds is 7. The van der Waals surface area contributed by atoms with Gasteiger partial charge >= 0.3 is 0 Å². The van der Waals surface area contributed by atoms with Gasteiger partial charge in [-0.2, -0.15) is 0 Å². The molecular formula is C14H23N3O2. The molecule has 1 rings (SSSR count). The van der Waals surface area contributed by atoms with Crippen LogP contribution in [-0.4, -0.2) is 48.6 Å². The van der Waals surface area contributed by atoms with Crippen LogP contribution in [0.25, 0.3) is 0 Å². The number of anilines is 1. The van der Waals surface area contributed by atoms with E-state index >= 15 is 0 Å². The van der Waals surface area contributed by atoms with E-state index in [-0.39, 0.29) is 11.9 Å². The minimum Gasteiger partial charge on any atom is -0.380 e. The third-order valence-electron chi connectivity index (χ3n) is 2.53. The van der Waals surface area contributed by atoms with Gasteiger partial charge in [0.2, 0.25) is 0 Å². The van der Waals surface area contributed by atoms with Gasteiger partial charge in [-0.25, -0.2) is 4.98 Å². The second kappa shape index (κ2) is 7.74. The van der Waals surface area contributed by atoms with Gasteiger partial charge < -0.3 is 15.0 Å². The number of amides is 1. The number of hydrogen-bond acceptors (Lipinski definition) is 4. The first-order valence-electron chi connectivity index (χ1n) is 6.61. The Kier molecular flexibility index (Phi) is 6.29. The largest absolute Gasteiger partial charge is 0.380 e. The fourth-order valence-electron chi connectivity index (χ4n) is 1.57. The molecule has 5 nitrogen and oxygen atoms in total. The van der Waals surface area contributed by atoms with Crippen molar-refractivity contribution in [2.24, 2.45) is 0 Å². The molecule has 0 atom stereocenters. The number of hydrogen-bond donors (Lipinski definition) is 1. The first-order valence-corrected chi connectivity index (χ1v) is 6.61. The number of carbonyl (C=O) groups excluding carboxylic acids is 1. The van der Waals surface area contributed by atoms with Crippen molar-refractivity contribution < 1.29 is 9.53 Å². The maximum absolute atomic E-state index is 12.2. The van der Waals surface area contributed by atoms with Crippen LogP contribution in [0.4, 0.5) is 5.82 Å². The van der Waals surface area contributed by atoms with Crippen molar-refractivity contribution in [3.63, 3.8) is 0 Å². The second-order valence-corrected chi connectivity index (χ2v) is 4.63. The molecule has 1 aromatic rings. The topological polar surface area (TPSA) is 54.5 Å². The Hall–Kier alpha value is -1.62. The third kappa shape index (κ3) is 5.26. The van der Waals surface area contributed by atoms with Crippen LogP contribution in [-0.2, 0) is 4.74 Å². The molecule has 0 aliphatic rings. The molecule has 1 N–H and O–H groups in total. The summed E-state index contributed by atoms with van der Waals surface area (Å²) >= 11 is 0. The van der Waals surface area contributed by atoms with E-state index in [9.17, 15) is 4.79 Å². The summed E-state index contributed by atoms with van der Waals surface area (Å²) in [5.41, 5.74) is 0.449. The van der Waals surface area contributed by atoms with Crippen LogP contribution < -0.4 is 5.32 Å². The molecule has 0 bridgehead atoms. The zero-order chi connectivity index (χ0) is 14.3. The predicted octanol–water partition coefficient (Wildman–Crippen LogP) is 2.01. The lowest BCUT2D eigenvalue weighted by Gasteiger charge is -2.17. The van der Waals surface area contributed by atoms with Crippen molar-refractivity contribution in [3.05, 3.63) is 23.9 Å². The maximum atomic E-state index is 12.2. The van der Waals surface area contributed by atoms with Crippen molar-refractivity contribution in [2.75, 3.05) is 32.1 Å². The van der Waals surface area contributed by atoms with Crippen LogP contribution >= 0.6 is 0 Å². The lowest BCUT2D eigenvalue weighted by Crippen LogP contribution is -2.31. The van der Waals surface area contributed by atoms with Gasteiger partial charge in [-0.15, -0.1) is 0 Å². The van der Waals surface area contributed by atoms with Gasteiger partial charge in [-0.05, 0) is 32.9 Å². The quantitative estimate of drug-likeness (QED) is 0.766. The number of nitrogens with one attached hydrogen (secondary N) is 1. The van der Waals surface area contributed by atoms with Gasteiger partial charge in [0.1, 0.15) is 11.5 Å². The molecule has 19 heavy (non-hydrogen) atoms. The van der Waals surface area contributed by atoms with E-state index in [0.717, 1.165) is 5.82 Å². The minimum absolute atomic E-state index is 0.0906. The number of nitrogens with zero attached hydrogens (tertiary/aromatic N) is 2. The standard InChI is InChI=1S/C14H23N3O2/c1-5-19-10-9-17(4)14(18)12-7-6-8-13(16-12)15-11(2)3/h6-8,11H,5,9-10H2,1-4H3,(H,15,16). The van der Waals surface area contributed by atoms with Gasteiger partial charge in [0, 0.05) is 26.2 Å². The Labute approximate surface area is 115 Å². The first-order chi connectivity index (χ1) is 9.04. The zero-order valence-corrected chi connectivity index (χ0v) is 12.1. The van der Waals surface area contributed by atoms with Crippen LogP contribution in [0.15, 0.2) is 18.2 Å².